The number of ether oxygens (including phenoxy) is 1. The van der Waals surface area contributed by atoms with Crippen LogP contribution in [0.5, 0.6) is 0 Å². The van der Waals surface area contributed by atoms with E-state index >= 15 is 0 Å². The molecule has 0 bridgehead atoms. The molecular weight excluding hydrogens is 299 g/mol. The van der Waals surface area contributed by atoms with Crippen LogP contribution in [0.2, 0.25) is 0 Å². The van der Waals surface area contributed by atoms with E-state index < -0.39 is 11.7 Å². The van der Waals surface area contributed by atoms with Gasteiger partial charge in [0.25, 0.3) is 0 Å². The molecule has 7 heteroatoms. The van der Waals surface area contributed by atoms with Crippen molar-refractivity contribution in [3.63, 3.8) is 0 Å². The second kappa shape index (κ2) is 8.21. The molecule has 0 radical (unpaired) electrons. The molecule has 0 saturated heterocycles. The number of hydrogen-bond donors (Lipinski definition) is 1. The maximum absolute atomic E-state index is 12.4. The zero-order valence-electron chi connectivity index (χ0n) is 11.9. The Balaban J connectivity index is 2.41. The van der Waals surface area contributed by atoms with Crippen molar-refractivity contribution in [1.82, 2.24) is 5.32 Å². The fourth-order valence-electron chi connectivity index (χ4n) is 1.56. The quantitative estimate of drug-likeness (QED) is 0.499. The van der Waals surface area contributed by atoms with Crippen LogP contribution in [0.4, 0.5) is 13.2 Å². The second-order valence-corrected chi connectivity index (χ2v) is 4.42. The van der Waals surface area contributed by atoms with Gasteiger partial charge in [0.2, 0.25) is 5.91 Å². The fourth-order valence-corrected chi connectivity index (χ4v) is 1.56. The minimum absolute atomic E-state index is 0.208. The molecule has 0 spiro atoms. The predicted molar refractivity (Wildman–Crippen MR) is 74.7 cm³/mol. The summed E-state index contributed by atoms with van der Waals surface area (Å²) in [5, 5.41) is 2.55. The molecule has 0 aliphatic heterocycles. The van der Waals surface area contributed by atoms with Crippen LogP contribution >= 0.6 is 0 Å². The Labute approximate surface area is 126 Å². The molecule has 0 aliphatic rings. The van der Waals surface area contributed by atoms with E-state index in [4.69, 9.17) is 0 Å². The number of hydrogen-bond acceptors (Lipinski definition) is 3. The molecule has 0 fully saturated rings. The van der Waals surface area contributed by atoms with E-state index in [0.717, 1.165) is 12.1 Å². The molecule has 1 amide bonds. The SMILES string of the molecule is COC(=O)CCCNC(=O)C=Cc1ccc(C(F)(F)F)cc1. The summed E-state index contributed by atoms with van der Waals surface area (Å²) in [6, 6.07) is 4.47. The van der Waals surface area contributed by atoms with Crippen LogP contribution in [0.3, 0.4) is 0 Å². The van der Waals surface area contributed by atoms with Gasteiger partial charge in [0.15, 0.2) is 0 Å². The summed E-state index contributed by atoms with van der Waals surface area (Å²) in [6.07, 6.45) is -1.08. The maximum atomic E-state index is 12.4. The summed E-state index contributed by atoms with van der Waals surface area (Å²) >= 11 is 0. The molecule has 1 rings (SSSR count). The number of rotatable bonds is 6. The number of methoxy groups -OCH3 is 1. The molecule has 0 aliphatic carbocycles. The van der Waals surface area contributed by atoms with Gasteiger partial charge >= 0.3 is 12.1 Å². The number of benzene rings is 1. The van der Waals surface area contributed by atoms with Crippen molar-refractivity contribution >= 4 is 18.0 Å². The Morgan fingerprint density at radius 3 is 2.41 bits per heavy atom. The lowest BCUT2D eigenvalue weighted by molar-refractivity contribution is -0.141. The van der Waals surface area contributed by atoms with Crippen LogP contribution < -0.4 is 5.32 Å². The normalized spacial score (nSPS) is 11.5. The molecule has 4 nitrogen and oxygen atoms in total. The van der Waals surface area contributed by atoms with Crippen molar-refractivity contribution in [1.29, 1.82) is 0 Å². The van der Waals surface area contributed by atoms with Gasteiger partial charge in [-0.1, -0.05) is 12.1 Å². The van der Waals surface area contributed by atoms with Gasteiger partial charge in [0, 0.05) is 19.0 Å². The van der Waals surface area contributed by atoms with Crippen LogP contribution in [0.25, 0.3) is 6.08 Å². The monoisotopic (exact) mass is 315 g/mol. The molecule has 0 atom stereocenters. The van der Waals surface area contributed by atoms with Crippen LogP contribution in [-0.4, -0.2) is 25.5 Å². The van der Waals surface area contributed by atoms with Gasteiger partial charge in [-0.3, -0.25) is 9.59 Å². The fraction of sp³-hybridized carbons (Fsp3) is 0.333. The Hall–Kier alpha value is -2.31. The first-order valence-corrected chi connectivity index (χ1v) is 6.53. The molecule has 1 aromatic rings. The minimum Gasteiger partial charge on any atom is -0.469 e. The molecule has 1 aromatic carbocycles. The molecule has 22 heavy (non-hydrogen) atoms. The van der Waals surface area contributed by atoms with Gasteiger partial charge in [-0.25, -0.2) is 0 Å². The third-order valence-electron chi connectivity index (χ3n) is 2.75. The zero-order valence-corrected chi connectivity index (χ0v) is 11.9. The smallest absolute Gasteiger partial charge is 0.416 e. The highest BCUT2D eigenvalue weighted by Gasteiger charge is 2.29. The number of esters is 1. The predicted octanol–water partition coefficient (Wildman–Crippen LogP) is 2.79. The average Bonchev–Trinajstić information content (AvgIpc) is 2.48. The number of alkyl halides is 3. The first-order chi connectivity index (χ1) is 10.3. The van der Waals surface area contributed by atoms with E-state index in [9.17, 15) is 22.8 Å². The zero-order chi connectivity index (χ0) is 16.6. The van der Waals surface area contributed by atoms with Crippen LogP contribution in [-0.2, 0) is 20.5 Å². The largest absolute Gasteiger partial charge is 0.469 e. The molecule has 0 heterocycles. The Kier molecular flexibility index (Phi) is 6.62. The summed E-state index contributed by atoms with van der Waals surface area (Å²) in [5.41, 5.74) is -0.255. The van der Waals surface area contributed by atoms with Crippen LogP contribution in [0, 0.1) is 0 Å². The van der Waals surface area contributed by atoms with Crippen molar-refractivity contribution < 1.29 is 27.5 Å². The Bertz CT molecular complexity index is 536. The van der Waals surface area contributed by atoms with E-state index in [0.29, 0.717) is 18.5 Å². The highest BCUT2D eigenvalue weighted by atomic mass is 19.4. The number of amides is 1. The standard InChI is InChI=1S/C15H16F3NO3/c1-22-14(21)3-2-10-19-13(20)9-6-11-4-7-12(8-5-11)15(16,17)18/h4-9H,2-3,10H2,1H3,(H,19,20). The number of carbonyl (C=O) groups is 2. The van der Waals surface area contributed by atoms with E-state index in [1.807, 2.05) is 0 Å². The van der Waals surface area contributed by atoms with Gasteiger partial charge in [0.1, 0.15) is 0 Å². The third-order valence-corrected chi connectivity index (χ3v) is 2.75. The van der Waals surface area contributed by atoms with Crippen LogP contribution in [0.1, 0.15) is 24.0 Å². The first-order valence-electron chi connectivity index (χ1n) is 6.53. The topological polar surface area (TPSA) is 55.4 Å². The summed E-state index contributed by atoms with van der Waals surface area (Å²) < 4.78 is 41.6. The Morgan fingerprint density at radius 1 is 1.23 bits per heavy atom. The highest BCUT2D eigenvalue weighted by Crippen LogP contribution is 2.29. The van der Waals surface area contributed by atoms with Crippen molar-refractivity contribution in [2.45, 2.75) is 19.0 Å². The first kappa shape index (κ1) is 17.7. The van der Waals surface area contributed by atoms with Crippen molar-refractivity contribution in [3.8, 4) is 0 Å². The Morgan fingerprint density at radius 2 is 1.86 bits per heavy atom. The maximum Gasteiger partial charge on any atom is 0.416 e. The summed E-state index contributed by atoms with van der Waals surface area (Å²) in [4.78, 5) is 22.3. The lowest BCUT2D eigenvalue weighted by Crippen LogP contribution is -2.22. The molecule has 1 N–H and O–H groups in total. The lowest BCUT2D eigenvalue weighted by atomic mass is 10.1. The third kappa shape index (κ3) is 6.43. The minimum atomic E-state index is -4.38. The highest BCUT2D eigenvalue weighted by molar-refractivity contribution is 5.91. The van der Waals surface area contributed by atoms with Crippen LogP contribution in [0.15, 0.2) is 30.3 Å². The van der Waals surface area contributed by atoms with Gasteiger partial charge in [-0.15, -0.1) is 0 Å². The molecule has 0 unspecified atom stereocenters. The summed E-state index contributed by atoms with van der Waals surface area (Å²) in [6.45, 7) is 0.311. The summed E-state index contributed by atoms with van der Waals surface area (Å²) in [5.74, 6) is -0.737. The van der Waals surface area contributed by atoms with Gasteiger partial charge in [-0.2, -0.15) is 13.2 Å². The average molecular weight is 315 g/mol. The van der Waals surface area contributed by atoms with Crippen molar-refractivity contribution in [3.05, 3.63) is 41.5 Å². The lowest BCUT2D eigenvalue weighted by Gasteiger charge is -2.06. The molecule has 0 aromatic heterocycles. The van der Waals surface area contributed by atoms with E-state index in [1.54, 1.807) is 0 Å². The molecule has 120 valence electrons. The number of halogens is 3. The summed E-state index contributed by atoms with van der Waals surface area (Å²) in [7, 11) is 1.29. The van der Waals surface area contributed by atoms with Gasteiger partial charge in [0.05, 0.1) is 12.7 Å². The van der Waals surface area contributed by atoms with Crippen molar-refractivity contribution in [2.75, 3.05) is 13.7 Å². The number of carbonyl (C=O) groups excluding carboxylic acids is 2. The number of nitrogens with one attached hydrogen (secondary N) is 1. The van der Waals surface area contributed by atoms with E-state index in [-0.39, 0.29) is 18.3 Å². The van der Waals surface area contributed by atoms with Gasteiger partial charge < -0.3 is 10.1 Å². The second-order valence-electron chi connectivity index (χ2n) is 4.42. The molecular formula is C15H16F3NO3. The molecule has 0 saturated carbocycles. The van der Waals surface area contributed by atoms with E-state index in [2.05, 4.69) is 10.1 Å². The van der Waals surface area contributed by atoms with Crippen molar-refractivity contribution in [2.24, 2.45) is 0 Å². The van der Waals surface area contributed by atoms with Gasteiger partial charge in [-0.05, 0) is 30.2 Å². The van der Waals surface area contributed by atoms with E-state index in [1.165, 1.54) is 31.4 Å².